The Kier molecular flexibility index (Phi) is 5.27. The summed E-state index contributed by atoms with van der Waals surface area (Å²) in [6, 6.07) is 0. The van der Waals surface area contributed by atoms with E-state index in [-0.39, 0.29) is 19.0 Å². The van der Waals surface area contributed by atoms with Crippen LogP contribution in [0.3, 0.4) is 0 Å². The van der Waals surface area contributed by atoms with E-state index in [1.54, 1.807) is 6.92 Å². The molecule has 0 spiro atoms. The molecule has 0 saturated carbocycles. The fourth-order valence-electron chi connectivity index (χ4n) is 0.715. The summed E-state index contributed by atoms with van der Waals surface area (Å²) in [6.07, 6.45) is 0. The molecular weight excluding hydrogens is 216 g/mol. The molecule has 0 atom stereocenters. The van der Waals surface area contributed by atoms with Gasteiger partial charge in [0.2, 0.25) is 15.9 Å². The summed E-state index contributed by atoms with van der Waals surface area (Å²) in [5.41, 5.74) is 0. The summed E-state index contributed by atoms with van der Waals surface area (Å²) in [5, 5.41) is 1.84. The Morgan fingerprint density at radius 1 is 1.54 bits per heavy atom. The highest BCUT2D eigenvalue weighted by Gasteiger charge is 2.20. The van der Waals surface area contributed by atoms with Crippen LogP contribution in [0.15, 0.2) is 0 Å². The van der Waals surface area contributed by atoms with E-state index in [0.29, 0.717) is 0 Å². The van der Waals surface area contributed by atoms with Gasteiger partial charge in [-0.15, -0.1) is 11.6 Å². The number of hydrogen-bond acceptors (Lipinski definition) is 3. The summed E-state index contributed by atoms with van der Waals surface area (Å²) in [4.78, 5) is 10.9. The van der Waals surface area contributed by atoms with Crippen LogP contribution in [0.5, 0.6) is 0 Å². The predicted molar refractivity (Wildman–Crippen MR) is 51.0 cm³/mol. The number of rotatable bonds is 5. The summed E-state index contributed by atoms with van der Waals surface area (Å²) >= 11 is 5.23. The number of amides is 1. The SMILES string of the molecule is CCN(CC(=O)NC)S(=O)(=O)CCl. The second-order valence-electron chi connectivity index (χ2n) is 2.32. The molecule has 0 fully saturated rings. The lowest BCUT2D eigenvalue weighted by molar-refractivity contribution is -0.120. The first kappa shape index (κ1) is 12.7. The van der Waals surface area contributed by atoms with Crippen LogP contribution in [-0.2, 0) is 14.8 Å². The Balaban J connectivity index is 4.44. The molecule has 0 heterocycles. The molecule has 0 saturated heterocycles. The summed E-state index contributed by atoms with van der Waals surface area (Å²) < 4.78 is 23.4. The van der Waals surface area contributed by atoms with Crippen LogP contribution < -0.4 is 5.32 Å². The van der Waals surface area contributed by atoms with Crippen LogP contribution in [0.2, 0.25) is 0 Å². The predicted octanol–water partition coefficient (Wildman–Crippen LogP) is -0.420. The smallest absolute Gasteiger partial charge is 0.235 e. The van der Waals surface area contributed by atoms with Crippen LogP contribution in [0, 0.1) is 0 Å². The molecule has 0 aromatic rings. The Morgan fingerprint density at radius 3 is 2.38 bits per heavy atom. The zero-order chi connectivity index (χ0) is 10.5. The molecule has 1 amide bonds. The number of nitrogens with zero attached hydrogens (tertiary/aromatic N) is 1. The number of sulfonamides is 1. The second kappa shape index (κ2) is 5.41. The fraction of sp³-hybridized carbons (Fsp3) is 0.833. The zero-order valence-electron chi connectivity index (χ0n) is 7.58. The van der Waals surface area contributed by atoms with Crippen LogP contribution in [0.4, 0.5) is 0 Å². The lowest BCUT2D eigenvalue weighted by atomic mass is 10.6. The van der Waals surface area contributed by atoms with Gasteiger partial charge in [-0.3, -0.25) is 4.79 Å². The maximum Gasteiger partial charge on any atom is 0.235 e. The van der Waals surface area contributed by atoms with E-state index in [4.69, 9.17) is 11.6 Å². The average Bonchev–Trinajstić information content (AvgIpc) is 2.13. The summed E-state index contributed by atoms with van der Waals surface area (Å²) in [5.74, 6) is -0.351. The molecule has 5 nitrogen and oxygen atoms in total. The normalized spacial score (nSPS) is 11.7. The molecule has 0 radical (unpaired) electrons. The van der Waals surface area contributed by atoms with E-state index >= 15 is 0 Å². The Labute approximate surface area is 83.1 Å². The lowest BCUT2D eigenvalue weighted by Gasteiger charge is -2.17. The van der Waals surface area contributed by atoms with Gasteiger partial charge < -0.3 is 5.32 Å². The highest BCUT2D eigenvalue weighted by molar-refractivity contribution is 7.90. The van der Waals surface area contributed by atoms with Gasteiger partial charge in [-0.05, 0) is 0 Å². The number of likely N-dealkylation sites (N-methyl/N-ethyl adjacent to an activating group) is 2. The molecule has 0 bridgehead atoms. The fourth-order valence-corrected chi connectivity index (χ4v) is 1.97. The van der Waals surface area contributed by atoms with Gasteiger partial charge in [-0.1, -0.05) is 6.92 Å². The molecule has 0 aliphatic rings. The monoisotopic (exact) mass is 228 g/mol. The maximum absolute atomic E-state index is 11.2. The van der Waals surface area contributed by atoms with E-state index in [2.05, 4.69) is 5.32 Å². The van der Waals surface area contributed by atoms with E-state index in [9.17, 15) is 13.2 Å². The van der Waals surface area contributed by atoms with Gasteiger partial charge in [0.15, 0.2) is 0 Å². The molecule has 0 aromatic carbocycles. The molecule has 0 aromatic heterocycles. The van der Waals surface area contributed by atoms with Gasteiger partial charge in [0, 0.05) is 13.6 Å². The van der Waals surface area contributed by atoms with E-state index in [0.717, 1.165) is 4.31 Å². The van der Waals surface area contributed by atoms with Crippen molar-refractivity contribution >= 4 is 27.5 Å². The molecule has 13 heavy (non-hydrogen) atoms. The molecule has 7 heteroatoms. The first-order valence-electron chi connectivity index (χ1n) is 3.72. The summed E-state index contributed by atoms with van der Waals surface area (Å²) in [6.45, 7) is 1.71. The van der Waals surface area contributed by atoms with Gasteiger partial charge in [0.25, 0.3) is 0 Å². The van der Waals surface area contributed by atoms with Crippen molar-refractivity contribution in [1.82, 2.24) is 9.62 Å². The minimum Gasteiger partial charge on any atom is -0.358 e. The van der Waals surface area contributed by atoms with Crippen LogP contribution in [0.1, 0.15) is 6.92 Å². The minimum absolute atomic E-state index is 0.179. The zero-order valence-corrected chi connectivity index (χ0v) is 9.15. The Morgan fingerprint density at radius 2 is 2.08 bits per heavy atom. The van der Waals surface area contributed by atoms with Crippen molar-refractivity contribution in [3.05, 3.63) is 0 Å². The molecule has 78 valence electrons. The Hall–Kier alpha value is -0.330. The van der Waals surface area contributed by atoms with Gasteiger partial charge in [0.05, 0.1) is 6.54 Å². The highest BCUT2D eigenvalue weighted by Crippen LogP contribution is 2.02. The van der Waals surface area contributed by atoms with E-state index in [1.165, 1.54) is 7.05 Å². The molecule has 0 rings (SSSR count). The van der Waals surface area contributed by atoms with Crippen LogP contribution >= 0.6 is 11.6 Å². The topological polar surface area (TPSA) is 66.5 Å². The van der Waals surface area contributed by atoms with Crippen molar-refractivity contribution in [1.29, 1.82) is 0 Å². The van der Waals surface area contributed by atoms with Gasteiger partial charge in [-0.25, -0.2) is 8.42 Å². The van der Waals surface area contributed by atoms with E-state index < -0.39 is 15.2 Å². The number of alkyl halides is 1. The lowest BCUT2D eigenvalue weighted by Crippen LogP contribution is -2.39. The van der Waals surface area contributed by atoms with Crippen molar-refractivity contribution < 1.29 is 13.2 Å². The quantitative estimate of drug-likeness (QED) is 0.650. The standard InChI is InChI=1S/C6H13ClN2O3S/c1-3-9(4-6(10)8-2)13(11,12)5-7/h3-5H2,1-2H3,(H,8,10). The van der Waals surface area contributed by atoms with Crippen LogP contribution in [-0.4, -0.2) is 44.0 Å². The van der Waals surface area contributed by atoms with Crippen LogP contribution in [0.25, 0.3) is 0 Å². The number of carbonyl (C=O) groups is 1. The van der Waals surface area contributed by atoms with Gasteiger partial charge in [0.1, 0.15) is 5.21 Å². The molecule has 1 N–H and O–H groups in total. The second-order valence-corrected chi connectivity index (χ2v) is 4.87. The third-order valence-electron chi connectivity index (χ3n) is 1.48. The molecule has 0 unspecified atom stereocenters. The van der Waals surface area contributed by atoms with Crippen molar-refractivity contribution in [3.63, 3.8) is 0 Å². The molecule has 0 aliphatic heterocycles. The minimum atomic E-state index is -3.48. The van der Waals surface area contributed by atoms with Crippen molar-refractivity contribution in [2.24, 2.45) is 0 Å². The molecular formula is C6H13ClN2O3S. The largest absolute Gasteiger partial charge is 0.358 e. The number of nitrogens with one attached hydrogen (secondary N) is 1. The number of hydrogen-bond donors (Lipinski definition) is 1. The number of carbonyl (C=O) groups excluding carboxylic acids is 1. The first-order valence-corrected chi connectivity index (χ1v) is 5.86. The van der Waals surface area contributed by atoms with Crippen molar-refractivity contribution in [2.75, 3.05) is 25.3 Å². The third kappa shape index (κ3) is 3.93. The highest BCUT2D eigenvalue weighted by atomic mass is 35.5. The molecule has 0 aliphatic carbocycles. The number of halogens is 1. The van der Waals surface area contributed by atoms with E-state index in [1.807, 2.05) is 0 Å². The average molecular weight is 229 g/mol. The van der Waals surface area contributed by atoms with Crippen molar-refractivity contribution in [2.45, 2.75) is 6.92 Å². The van der Waals surface area contributed by atoms with Crippen molar-refractivity contribution in [3.8, 4) is 0 Å². The van der Waals surface area contributed by atoms with Gasteiger partial charge >= 0.3 is 0 Å². The summed E-state index contributed by atoms with van der Waals surface area (Å²) in [7, 11) is -2.03. The third-order valence-corrected chi connectivity index (χ3v) is 3.76. The maximum atomic E-state index is 11.2. The van der Waals surface area contributed by atoms with Gasteiger partial charge in [-0.2, -0.15) is 4.31 Å². The first-order chi connectivity index (χ1) is 5.97. The Bertz CT molecular complexity index is 265.